The van der Waals surface area contributed by atoms with Crippen LogP contribution in [0, 0.1) is 5.82 Å². The SMILES string of the molecule is O=C(O)CN1CCOc2ccc(F)cc2C2CCCN2c2ccn3ncc(c3n2)C1. The largest absolute Gasteiger partial charge is 0.492 e. The summed E-state index contributed by atoms with van der Waals surface area (Å²) in [6, 6.07) is 6.47. The molecule has 1 saturated heterocycles. The maximum Gasteiger partial charge on any atom is 0.317 e. The zero-order valence-corrected chi connectivity index (χ0v) is 16.4. The van der Waals surface area contributed by atoms with Gasteiger partial charge in [0, 0.05) is 37.0 Å². The van der Waals surface area contributed by atoms with E-state index in [1.165, 1.54) is 12.1 Å². The molecule has 1 aromatic carbocycles. The Morgan fingerprint density at radius 1 is 1.30 bits per heavy atom. The van der Waals surface area contributed by atoms with Crippen LogP contribution in [0.5, 0.6) is 5.75 Å². The van der Waals surface area contributed by atoms with Crippen LogP contribution in [0.15, 0.2) is 36.7 Å². The summed E-state index contributed by atoms with van der Waals surface area (Å²) in [5, 5.41) is 13.7. The van der Waals surface area contributed by atoms with Gasteiger partial charge in [-0.3, -0.25) is 9.69 Å². The summed E-state index contributed by atoms with van der Waals surface area (Å²) in [5.41, 5.74) is 2.36. The average molecular weight is 411 g/mol. The van der Waals surface area contributed by atoms with Crippen molar-refractivity contribution in [1.29, 1.82) is 0 Å². The molecule has 0 saturated carbocycles. The molecule has 30 heavy (non-hydrogen) atoms. The number of benzene rings is 1. The van der Waals surface area contributed by atoms with Crippen LogP contribution in [0.2, 0.25) is 0 Å². The maximum atomic E-state index is 14.1. The van der Waals surface area contributed by atoms with Gasteiger partial charge in [0.2, 0.25) is 0 Å². The van der Waals surface area contributed by atoms with Crippen molar-refractivity contribution in [3.8, 4) is 5.75 Å². The van der Waals surface area contributed by atoms with Gasteiger partial charge in [-0.1, -0.05) is 0 Å². The van der Waals surface area contributed by atoms with Crippen LogP contribution >= 0.6 is 0 Å². The van der Waals surface area contributed by atoms with Crippen LogP contribution < -0.4 is 9.64 Å². The summed E-state index contributed by atoms with van der Waals surface area (Å²) >= 11 is 0. The lowest BCUT2D eigenvalue weighted by molar-refractivity contribution is -0.138. The van der Waals surface area contributed by atoms with E-state index in [-0.39, 0.29) is 18.4 Å². The molecular weight excluding hydrogens is 389 g/mol. The van der Waals surface area contributed by atoms with Crippen LogP contribution in [0.3, 0.4) is 0 Å². The van der Waals surface area contributed by atoms with Gasteiger partial charge in [-0.05, 0) is 37.1 Å². The summed E-state index contributed by atoms with van der Waals surface area (Å²) in [6.07, 6.45) is 5.45. The molecule has 1 unspecified atom stereocenters. The predicted molar refractivity (Wildman–Crippen MR) is 107 cm³/mol. The second-order valence-corrected chi connectivity index (χ2v) is 7.71. The fourth-order valence-electron chi connectivity index (χ4n) is 4.38. The molecule has 8 nitrogen and oxygen atoms in total. The van der Waals surface area contributed by atoms with Crippen molar-refractivity contribution in [1.82, 2.24) is 19.5 Å². The second-order valence-electron chi connectivity index (χ2n) is 7.71. The first-order valence-corrected chi connectivity index (χ1v) is 10.0. The van der Waals surface area contributed by atoms with E-state index in [1.807, 2.05) is 12.3 Å². The van der Waals surface area contributed by atoms with E-state index in [0.717, 1.165) is 36.3 Å². The molecule has 0 amide bonds. The van der Waals surface area contributed by atoms with Gasteiger partial charge < -0.3 is 14.7 Å². The summed E-state index contributed by atoms with van der Waals surface area (Å²) < 4.78 is 21.8. The van der Waals surface area contributed by atoms with Crippen molar-refractivity contribution in [2.45, 2.75) is 25.4 Å². The van der Waals surface area contributed by atoms with Gasteiger partial charge in [-0.2, -0.15) is 5.10 Å². The monoisotopic (exact) mass is 411 g/mol. The van der Waals surface area contributed by atoms with Crippen molar-refractivity contribution in [2.75, 3.05) is 31.1 Å². The number of anilines is 1. The molecule has 1 atom stereocenters. The molecule has 2 aliphatic heterocycles. The maximum absolute atomic E-state index is 14.1. The number of aromatic nitrogens is 3. The normalized spacial score (nSPS) is 19.5. The molecule has 0 spiro atoms. The zero-order chi connectivity index (χ0) is 20.7. The Hall–Kier alpha value is -3.20. The fraction of sp³-hybridized carbons (Fsp3) is 0.381. The molecule has 1 fully saturated rings. The second kappa shape index (κ2) is 7.56. The molecule has 5 rings (SSSR count). The lowest BCUT2D eigenvalue weighted by atomic mass is 10.0. The Morgan fingerprint density at radius 3 is 3.07 bits per heavy atom. The predicted octanol–water partition coefficient (Wildman–Crippen LogP) is 2.49. The van der Waals surface area contributed by atoms with Crippen molar-refractivity contribution in [2.24, 2.45) is 0 Å². The number of carboxylic acid groups (broad SMARTS) is 1. The topological polar surface area (TPSA) is 83.2 Å². The van der Waals surface area contributed by atoms with Crippen molar-refractivity contribution in [3.05, 3.63) is 53.6 Å². The van der Waals surface area contributed by atoms with Gasteiger partial charge in [0.1, 0.15) is 24.0 Å². The molecule has 2 aliphatic rings. The number of aliphatic carboxylic acids is 1. The number of hydrogen-bond acceptors (Lipinski definition) is 6. The van der Waals surface area contributed by atoms with Gasteiger partial charge in [0.05, 0.1) is 18.8 Å². The minimum absolute atomic E-state index is 0.0344. The number of nitrogens with zero attached hydrogens (tertiary/aromatic N) is 5. The van der Waals surface area contributed by atoms with Gasteiger partial charge in [0.15, 0.2) is 5.65 Å². The van der Waals surface area contributed by atoms with Gasteiger partial charge >= 0.3 is 5.97 Å². The Balaban J connectivity index is 1.62. The van der Waals surface area contributed by atoms with E-state index in [1.54, 1.807) is 21.7 Å². The number of ether oxygens (including phenoxy) is 1. The van der Waals surface area contributed by atoms with E-state index < -0.39 is 5.97 Å². The van der Waals surface area contributed by atoms with Crippen molar-refractivity contribution < 1.29 is 19.0 Å². The number of rotatable bonds is 2. The first-order chi connectivity index (χ1) is 14.6. The quantitative estimate of drug-likeness (QED) is 0.694. The van der Waals surface area contributed by atoms with Crippen LogP contribution in [-0.2, 0) is 11.3 Å². The van der Waals surface area contributed by atoms with E-state index >= 15 is 0 Å². The highest BCUT2D eigenvalue weighted by Crippen LogP contribution is 2.40. The number of halogens is 1. The molecule has 4 heterocycles. The zero-order valence-electron chi connectivity index (χ0n) is 16.4. The molecule has 9 heteroatoms. The highest BCUT2D eigenvalue weighted by atomic mass is 19.1. The van der Waals surface area contributed by atoms with Gasteiger partial charge in [-0.25, -0.2) is 13.9 Å². The van der Waals surface area contributed by atoms with Gasteiger partial charge in [-0.15, -0.1) is 0 Å². The number of carboxylic acids is 1. The minimum atomic E-state index is -0.910. The minimum Gasteiger partial charge on any atom is -0.492 e. The Bertz CT molecular complexity index is 1100. The van der Waals surface area contributed by atoms with Crippen molar-refractivity contribution in [3.63, 3.8) is 0 Å². The number of carbonyl (C=O) groups is 1. The lowest BCUT2D eigenvalue weighted by Crippen LogP contribution is -2.33. The van der Waals surface area contributed by atoms with E-state index in [2.05, 4.69) is 10.00 Å². The summed E-state index contributed by atoms with van der Waals surface area (Å²) in [6.45, 7) is 1.81. The third-order valence-electron chi connectivity index (χ3n) is 5.72. The molecule has 1 N–H and O–H groups in total. The summed E-state index contributed by atoms with van der Waals surface area (Å²) in [7, 11) is 0. The molecular formula is C21H22FN5O3. The van der Waals surface area contributed by atoms with Crippen molar-refractivity contribution >= 4 is 17.4 Å². The number of hydrogen-bond donors (Lipinski definition) is 1. The van der Waals surface area contributed by atoms with Crippen LogP contribution in [0.4, 0.5) is 10.2 Å². The molecule has 156 valence electrons. The summed E-state index contributed by atoms with van der Waals surface area (Å²) in [5.74, 6) is 0.216. The number of fused-ring (bicyclic) bond motifs is 5. The molecule has 2 aromatic heterocycles. The third-order valence-corrected chi connectivity index (χ3v) is 5.72. The Kier molecular flexibility index (Phi) is 4.74. The van der Waals surface area contributed by atoms with E-state index in [9.17, 15) is 14.3 Å². The highest BCUT2D eigenvalue weighted by molar-refractivity contribution is 5.69. The molecule has 0 aliphatic carbocycles. The van der Waals surface area contributed by atoms with E-state index in [0.29, 0.717) is 31.1 Å². The standard InChI is InChI=1S/C21H22FN5O3/c22-15-3-4-18-16(10-15)17-2-1-6-26(17)19-5-7-27-21(24-19)14(11-23-27)12-25(8-9-30-18)13-20(28)29/h3-5,7,10-11,17H,1-2,6,8-9,12-13H2,(H,28,29). The van der Waals surface area contributed by atoms with Crippen LogP contribution in [0.25, 0.3) is 5.65 Å². The summed E-state index contributed by atoms with van der Waals surface area (Å²) in [4.78, 5) is 20.2. The first kappa shape index (κ1) is 18.8. The van der Waals surface area contributed by atoms with Crippen LogP contribution in [-0.4, -0.2) is 56.8 Å². The smallest absolute Gasteiger partial charge is 0.317 e. The lowest BCUT2D eigenvalue weighted by Gasteiger charge is -2.27. The van der Waals surface area contributed by atoms with Gasteiger partial charge in [0.25, 0.3) is 0 Å². The molecule has 0 radical (unpaired) electrons. The Labute approximate surface area is 172 Å². The third kappa shape index (κ3) is 3.45. The first-order valence-electron chi connectivity index (χ1n) is 10.0. The average Bonchev–Trinajstić information content (AvgIpc) is 3.35. The fourth-order valence-corrected chi connectivity index (χ4v) is 4.38. The van der Waals surface area contributed by atoms with E-state index in [4.69, 9.17) is 9.72 Å². The Morgan fingerprint density at radius 2 is 2.20 bits per heavy atom. The molecule has 2 bridgehead atoms. The molecule has 3 aromatic rings. The van der Waals surface area contributed by atoms with Crippen LogP contribution in [0.1, 0.15) is 30.0 Å². The highest BCUT2D eigenvalue weighted by Gasteiger charge is 2.30.